The van der Waals surface area contributed by atoms with Gasteiger partial charge < -0.3 is 10.2 Å². The van der Waals surface area contributed by atoms with Crippen LogP contribution >= 0.6 is 0 Å². The van der Waals surface area contributed by atoms with E-state index in [0.29, 0.717) is 6.42 Å². The Morgan fingerprint density at radius 2 is 2.00 bits per heavy atom. The van der Waals surface area contributed by atoms with Crippen LogP contribution in [0.5, 0.6) is 0 Å². The molecule has 0 heterocycles. The Balaban J connectivity index is 0. The number of rotatable bonds is 3. The molecule has 0 atom stereocenters. The smallest absolute Gasteiger partial charge is 0.303 e. The molecule has 0 saturated heterocycles. The molecule has 0 unspecified atom stereocenters. The molecule has 0 aliphatic carbocycles. The first kappa shape index (κ1) is 10.8. The topological polar surface area (TPSA) is 57.5 Å². The zero-order chi connectivity index (χ0) is 5.70. The summed E-state index contributed by atoms with van der Waals surface area (Å²) in [4.78, 5) is 9.65. The number of aliphatic hydroxyl groups excluding tert-OH is 1. The van der Waals surface area contributed by atoms with Crippen LogP contribution in [0.4, 0.5) is 0 Å². The van der Waals surface area contributed by atoms with Crippen molar-refractivity contribution in [2.75, 3.05) is 6.61 Å². The van der Waals surface area contributed by atoms with Gasteiger partial charge in [0.2, 0.25) is 0 Å². The first-order valence-electron chi connectivity index (χ1n) is 2.10. The van der Waals surface area contributed by atoms with Gasteiger partial charge in [-0.15, -0.1) is 0 Å². The van der Waals surface area contributed by atoms with Crippen molar-refractivity contribution in [3.8, 4) is 0 Å². The summed E-state index contributed by atoms with van der Waals surface area (Å²) < 4.78 is 0. The predicted molar refractivity (Wildman–Crippen MR) is 24.0 cm³/mol. The minimum atomic E-state index is -0.853. The third-order valence-corrected chi connectivity index (χ3v) is 0.549. The number of carboxylic acid groups (broad SMARTS) is 1. The molecule has 8 heavy (non-hydrogen) atoms. The summed E-state index contributed by atoms with van der Waals surface area (Å²) in [5.41, 5.74) is 0. The fourth-order valence-corrected chi connectivity index (χ4v) is 0.230. The molecule has 0 aromatic heterocycles. The standard InChI is InChI=1S/C4H8O3.Ni/c5-3-1-2-4(6)7;/h5H,1-3H2,(H,6,7);. The summed E-state index contributed by atoms with van der Waals surface area (Å²) in [6.45, 7) is -0.0354. The quantitative estimate of drug-likeness (QED) is 0.568. The second kappa shape index (κ2) is 6.92. The minimum Gasteiger partial charge on any atom is -0.481 e. The van der Waals surface area contributed by atoms with Gasteiger partial charge in [0.05, 0.1) is 0 Å². The van der Waals surface area contributed by atoms with Crippen molar-refractivity contribution in [3.63, 3.8) is 0 Å². The summed E-state index contributed by atoms with van der Waals surface area (Å²) in [5.74, 6) is -0.853. The summed E-state index contributed by atoms with van der Waals surface area (Å²) >= 11 is 0. The number of hydrogen-bond acceptors (Lipinski definition) is 2. The Morgan fingerprint density at radius 1 is 1.50 bits per heavy atom. The van der Waals surface area contributed by atoms with Crippen LogP contribution < -0.4 is 0 Å². The number of carboxylic acids is 1. The molecule has 0 bridgehead atoms. The van der Waals surface area contributed by atoms with Crippen LogP contribution in [0, 0.1) is 0 Å². The van der Waals surface area contributed by atoms with E-state index in [9.17, 15) is 4.79 Å². The normalized spacial score (nSPS) is 7.62. The van der Waals surface area contributed by atoms with Gasteiger partial charge in [0.1, 0.15) is 0 Å². The van der Waals surface area contributed by atoms with Gasteiger partial charge in [-0.05, 0) is 6.42 Å². The second-order valence-corrected chi connectivity index (χ2v) is 1.22. The first-order chi connectivity index (χ1) is 3.27. The Kier molecular flexibility index (Phi) is 9.37. The maximum absolute atomic E-state index is 9.65. The molecule has 0 rings (SSSR count). The number of carbonyl (C=O) groups is 1. The van der Waals surface area contributed by atoms with Crippen molar-refractivity contribution in [1.29, 1.82) is 0 Å². The average molecular weight is 163 g/mol. The van der Waals surface area contributed by atoms with Crippen molar-refractivity contribution in [2.45, 2.75) is 12.8 Å². The summed E-state index contributed by atoms with van der Waals surface area (Å²) in [6.07, 6.45) is 0.422. The van der Waals surface area contributed by atoms with Gasteiger partial charge in [-0.1, -0.05) is 0 Å². The van der Waals surface area contributed by atoms with Gasteiger partial charge in [0, 0.05) is 29.5 Å². The molecule has 52 valence electrons. The van der Waals surface area contributed by atoms with Crippen molar-refractivity contribution in [2.24, 2.45) is 0 Å². The van der Waals surface area contributed by atoms with Gasteiger partial charge in [-0.3, -0.25) is 4.79 Å². The molecular formula is C4H8NiO3. The van der Waals surface area contributed by atoms with Crippen LogP contribution in [-0.4, -0.2) is 22.8 Å². The summed E-state index contributed by atoms with van der Waals surface area (Å²) in [7, 11) is 0. The number of aliphatic hydroxyl groups is 1. The summed E-state index contributed by atoms with van der Waals surface area (Å²) in [5, 5.41) is 16.0. The van der Waals surface area contributed by atoms with E-state index in [-0.39, 0.29) is 29.5 Å². The molecule has 0 amide bonds. The Morgan fingerprint density at radius 3 is 2.12 bits per heavy atom. The zero-order valence-corrected chi connectivity index (χ0v) is 5.23. The summed E-state index contributed by atoms with van der Waals surface area (Å²) in [6, 6.07) is 0. The van der Waals surface area contributed by atoms with Crippen molar-refractivity contribution >= 4 is 5.97 Å². The zero-order valence-electron chi connectivity index (χ0n) is 4.24. The van der Waals surface area contributed by atoms with E-state index in [1.807, 2.05) is 0 Å². The molecule has 0 fully saturated rings. The van der Waals surface area contributed by atoms with E-state index < -0.39 is 5.97 Å². The third-order valence-electron chi connectivity index (χ3n) is 0.549. The fraction of sp³-hybridized carbons (Fsp3) is 0.750. The van der Waals surface area contributed by atoms with Gasteiger partial charge in [0.15, 0.2) is 0 Å². The molecule has 2 N–H and O–H groups in total. The molecule has 0 saturated carbocycles. The molecule has 0 aliphatic rings. The monoisotopic (exact) mass is 162 g/mol. The SMILES string of the molecule is O=C(O)CCCO.[Ni]. The third kappa shape index (κ3) is 9.33. The van der Waals surface area contributed by atoms with Gasteiger partial charge in [-0.2, -0.15) is 0 Å². The van der Waals surface area contributed by atoms with E-state index in [1.165, 1.54) is 0 Å². The van der Waals surface area contributed by atoms with Crippen molar-refractivity contribution in [3.05, 3.63) is 0 Å². The van der Waals surface area contributed by atoms with Crippen LogP contribution in [0.25, 0.3) is 0 Å². The molecule has 4 heteroatoms. The maximum atomic E-state index is 9.65. The molecular weight excluding hydrogens is 155 g/mol. The second-order valence-electron chi connectivity index (χ2n) is 1.22. The van der Waals surface area contributed by atoms with Crippen LogP contribution in [0.1, 0.15) is 12.8 Å². The molecule has 0 spiro atoms. The van der Waals surface area contributed by atoms with E-state index >= 15 is 0 Å². The van der Waals surface area contributed by atoms with E-state index in [0.717, 1.165) is 0 Å². The molecule has 0 aromatic rings. The number of aliphatic carboxylic acids is 1. The fourth-order valence-electron chi connectivity index (χ4n) is 0.230. The molecule has 0 radical (unpaired) electrons. The van der Waals surface area contributed by atoms with Crippen LogP contribution in [0.15, 0.2) is 0 Å². The van der Waals surface area contributed by atoms with Gasteiger partial charge >= 0.3 is 5.97 Å². The molecule has 0 aliphatic heterocycles. The predicted octanol–water partition coefficient (Wildman–Crippen LogP) is -0.159. The Bertz CT molecular complexity index is 64.3. The van der Waals surface area contributed by atoms with Gasteiger partial charge in [0.25, 0.3) is 0 Å². The Hall–Kier alpha value is -0.0765. The van der Waals surface area contributed by atoms with Crippen molar-refractivity contribution < 1.29 is 31.5 Å². The molecule has 3 nitrogen and oxygen atoms in total. The number of hydrogen-bond donors (Lipinski definition) is 2. The minimum absolute atomic E-state index is 0. The molecule has 0 aromatic carbocycles. The van der Waals surface area contributed by atoms with Gasteiger partial charge in [-0.25, -0.2) is 0 Å². The van der Waals surface area contributed by atoms with E-state index in [1.54, 1.807) is 0 Å². The van der Waals surface area contributed by atoms with Crippen LogP contribution in [0.3, 0.4) is 0 Å². The largest absolute Gasteiger partial charge is 0.481 e. The van der Waals surface area contributed by atoms with Crippen LogP contribution in [-0.2, 0) is 21.3 Å². The van der Waals surface area contributed by atoms with Crippen molar-refractivity contribution in [1.82, 2.24) is 0 Å². The first-order valence-corrected chi connectivity index (χ1v) is 2.10. The van der Waals surface area contributed by atoms with Crippen LogP contribution in [0.2, 0.25) is 0 Å². The maximum Gasteiger partial charge on any atom is 0.303 e. The van der Waals surface area contributed by atoms with E-state index in [2.05, 4.69) is 0 Å². The van der Waals surface area contributed by atoms with E-state index in [4.69, 9.17) is 10.2 Å². The average Bonchev–Trinajstić information content (AvgIpc) is 1.61. The Labute approximate surface area is 57.6 Å².